The van der Waals surface area contributed by atoms with Crippen LogP contribution in [0.2, 0.25) is 0 Å². The Morgan fingerprint density at radius 1 is 1.50 bits per heavy atom. The third-order valence-corrected chi connectivity index (χ3v) is 3.77. The highest BCUT2D eigenvalue weighted by Crippen LogP contribution is 2.24. The molecule has 1 amide bonds. The van der Waals surface area contributed by atoms with E-state index in [1.807, 2.05) is 0 Å². The minimum atomic E-state index is -0.581. The first kappa shape index (κ1) is 14.8. The van der Waals surface area contributed by atoms with Gasteiger partial charge in [0.05, 0.1) is 19.3 Å². The van der Waals surface area contributed by atoms with Gasteiger partial charge in [0.1, 0.15) is 0 Å². The molecule has 1 saturated heterocycles. The summed E-state index contributed by atoms with van der Waals surface area (Å²) in [6.07, 6.45) is 2.11. The van der Waals surface area contributed by atoms with E-state index in [0.717, 1.165) is 19.3 Å². The summed E-state index contributed by atoms with van der Waals surface area (Å²) in [5, 5.41) is 9.79. The zero-order valence-electron chi connectivity index (χ0n) is 11.8. The fourth-order valence-corrected chi connectivity index (χ4v) is 2.68. The molecule has 5 heteroatoms. The Kier molecular flexibility index (Phi) is 4.60. The van der Waals surface area contributed by atoms with E-state index in [1.165, 1.54) is 19.2 Å². The van der Waals surface area contributed by atoms with Crippen molar-refractivity contribution < 1.29 is 19.0 Å². The summed E-state index contributed by atoms with van der Waals surface area (Å²) in [6, 6.07) is 4.00. The largest absolute Gasteiger partial charge is 0.494 e. The zero-order valence-corrected chi connectivity index (χ0v) is 11.8. The van der Waals surface area contributed by atoms with Crippen molar-refractivity contribution in [2.24, 2.45) is 0 Å². The van der Waals surface area contributed by atoms with Crippen molar-refractivity contribution in [1.82, 2.24) is 4.90 Å². The number of carbonyl (C=O) groups is 1. The lowest BCUT2D eigenvalue weighted by atomic mass is 9.97. The van der Waals surface area contributed by atoms with Crippen LogP contribution in [0.25, 0.3) is 0 Å². The number of aliphatic hydroxyl groups is 1. The van der Waals surface area contributed by atoms with Crippen molar-refractivity contribution in [3.63, 3.8) is 0 Å². The first-order valence-corrected chi connectivity index (χ1v) is 6.87. The maximum atomic E-state index is 13.7. The highest BCUT2D eigenvalue weighted by molar-refractivity contribution is 5.94. The first-order valence-electron chi connectivity index (χ1n) is 6.87. The molecule has 2 unspecified atom stereocenters. The Morgan fingerprint density at radius 2 is 2.25 bits per heavy atom. The van der Waals surface area contributed by atoms with Crippen LogP contribution in [0.4, 0.5) is 4.39 Å². The van der Waals surface area contributed by atoms with Gasteiger partial charge in [0.15, 0.2) is 11.6 Å². The number of hydrogen-bond donors (Lipinski definition) is 1. The molecule has 0 bridgehead atoms. The van der Waals surface area contributed by atoms with Gasteiger partial charge in [0.25, 0.3) is 5.91 Å². The number of methoxy groups -OCH3 is 1. The Morgan fingerprint density at radius 3 is 2.85 bits per heavy atom. The van der Waals surface area contributed by atoms with E-state index in [-0.39, 0.29) is 23.3 Å². The van der Waals surface area contributed by atoms with Crippen LogP contribution in [-0.4, -0.2) is 41.7 Å². The van der Waals surface area contributed by atoms with Gasteiger partial charge in [-0.3, -0.25) is 4.79 Å². The maximum Gasteiger partial charge on any atom is 0.254 e. The van der Waals surface area contributed by atoms with E-state index < -0.39 is 11.9 Å². The van der Waals surface area contributed by atoms with Crippen molar-refractivity contribution in [2.75, 3.05) is 13.7 Å². The molecule has 20 heavy (non-hydrogen) atoms. The number of ether oxygens (including phenoxy) is 1. The van der Waals surface area contributed by atoms with Gasteiger partial charge in [-0.2, -0.15) is 0 Å². The number of piperidine rings is 1. The summed E-state index contributed by atoms with van der Waals surface area (Å²) in [5.41, 5.74) is 0.288. The molecule has 1 N–H and O–H groups in total. The Labute approximate surface area is 118 Å². The van der Waals surface area contributed by atoms with Crippen LogP contribution in [0.3, 0.4) is 0 Å². The van der Waals surface area contributed by atoms with Crippen LogP contribution < -0.4 is 4.74 Å². The number of aliphatic hydroxyl groups excluding tert-OH is 1. The molecule has 0 saturated carbocycles. The molecule has 2 rings (SSSR count). The van der Waals surface area contributed by atoms with Gasteiger partial charge < -0.3 is 14.7 Å². The SMILES string of the molecule is COc1ccc(C(=O)N2CCCCC2C(C)O)cc1F. The predicted octanol–water partition coefficient (Wildman–Crippen LogP) is 2.21. The van der Waals surface area contributed by atoms with Gasteiger partial charge in [-0.25, -0.2) is 4.39 Å². The molecular formula is C15H20FNO3. The number of nitrogens with zero attached hydrogens (tertiary/aromatic N) is 1. The quantitative estimate of drug-likeness (QED) is 0.924. The average Bonchev–Trinajstić information content (AvgIpc) is 2.46. The number of benzene rings is 1. The van der Waals surface area contributed by atoms with Crippen LogP contribution in [-0.2, 0) is 0 Å². The molecule has 1 aliphatic heterocycles. The fourth-order valence-electron chi connectivity index (χ4n) is 2.68. The summed E-state index contributed by atoms with van der Waals surface area (Å²) in [7, 11) is 1.38. The molecule has 1 aliphatic rings. The number of likely N-dealkylation sites (tertiary alicyclic amines) is 1. The second-order valence-corrected chi connectivity index (χ2v) is 5.15. The number of carbonyl (C=O) groups excluding carboxylic acids is 1. The van der Waals surface area contributed by atoms with Crippen molar-refractivity contribution in [2.45, 2.75) is 38.3 Å². The predicted molar refractivity (Wildman–Crippen MR) is 73.3 cm³/mol. The van der Waals surface area contributed by atoms with E-state index in [4.69, 9.17) is 4.74 Å². The Balaban J connectivity index is 2.23. The second-order valence-electron chi connectivity index (χ2n) is 5.15. The Bertz CT molecular complexity index is 490. The smallest absolute Gasteiger partial charge is 0.254 e. The topological polar surface area (TPSA) is 49.8 Å². The second kappa shape index (κ2) is 6.22. The van der Waals surface area contributed by atoms with Crippen LogP contribution in [0, 0.1) is 5.82 Å². The minimum Gasteiger partial charge on any atom is -0.494 e. The molecule has 0 aliphatic carbocycles. The van der Waals surface area contributed by atoms with Gasteiger partial charge in [-0.1, -0.05) is 0 Å². The van der Waals surface area contributed by atoms with E-state index in [1.54, 1.807) is 17.9 Å². The fraction of sp³-hybridized carbons (Fsp3) is 0.533. The van der Waals surface area contributed by atoms with E-state index >= 15 is 0 Å². The lowest BCUT2D eigenvalue weighted by molar-refractivity contribution is 0.0280. The number of halogens is 1. The standard InChI is InChI=1S/C15H20FNO3/c1-10(18)13-5-3-4-8-17(13)15(19)11-6-7-14(20-2)12(16)9-11/h6-7,9-10,13,18H,3-5,8H2,1-2H3. The summed E-state index contributed by atoms with van der Waals surface area (Å²) in [4.78, 5) is 14.1. The third-order valence-electron chi connectivity index (χ3n) is 3.77. The van der Waals surface area contributed by atoms with E-state index in [2.05, 4.69) is 0 Å². The summed E-state index contributed by atoms with van der Waals surface area (Å²) in [6.45, 7) is 2.28. The van der Waals surface area contributed by atoms with Crippen LogP contribution >= 0.6 is 0 Å². The van der Waals surface area contributed by atoms with Crippen LogP contribution in [0.5, 0.6) is 5.75 Å². The molecule has 0 aromatic heterocycles. The number of amides is 1. The molecular weight excluding hydrogens is 261 g/mol. The van der Waals surface area contributed by atoms with Crippen molar-refractivity contribution in [3.8, 4) is 5.75 Å². The monoisotopic (exact) mass is 281 g/mol. The lowest BCUT2D eigenvalue weighted by Gasteiger charge is -2.37. The third kappa shape index (κ3) is 2.93. The van der Waals surface area contributed by atoms with Gasteiger partial charge in [-0.15, -0.1) is 0 Å². The summed E-state index contributed by atoms with van der Waals surface area (Å²) < 4.78 is 18.5. The summed E-state index contributed by atoms with van der Waals surface area (Å²) in [5.74, 6) is -0.673. The molecule has 1 aromatic rings. The molecule has 0 radical (unpaired) electrons. The molecule has 110 valence electrons. The highest BCUT2D eigenvalue weighted by Gasteiger charge is 2.30. The van der Waals surface area contributed by atoms with Crippen molar-refractivity contribution in [3.05, 3.63) is 29.6 Å². The molecule has 4 nitrogen and oxygen atoms in total. The maximum absolute atomic E-state index is 13.7. The van der Waals surface area contributed by atoms with Gasteiger partial charge in [0, 0.05) is 12.1 Å². The molecule has 2 atom stereocenters. The van der Waals surface area contributed by atoms with Crippen LogP contribution in [0.15, 0.2) is 18.2 Å². The van der Waals surface area contributed by atoms with Gasteiger partial charge in [-0.05, 0) is 44.4 Å². The van der Waals surface area contributed by atoms with Crippen LogP contribution in [0.1, 0.15) is 36.5 Å². The van der Waals surface area contributed by atoms with E-state index in [0.29, 0.717) is 6.54 Å². The van der Waals surface area contributed by atoms with Gasteiger partial charge in [0.2, 0.25) is 0 Å². The first-order chi connectivity index (χ1) is 9.54. The van der Waals surface area contributed by atoms with E-state index in [9.17, 15) is 14.3 Å². The van der Waals surface area contributed by atoms with Crippen molar-refractivity contribution >= 4 is 5.91 Å². The lowest BCUT2D eigenvalue weighted by Crippen LogP contribution is -2.48. The molecule has 1 aromatic carbocycles. The number of rotatable bonds is 3. The minimum absolute atomic E-state index is 0.118. The normalized spacial score (nSPS) is 20.6. The zero-order chi connectivity index (χ0) is 14.7. The number of hydrogen-bond acceptors (Lipinski definition) is 3. The molecule has 1 heterocycles. The average molecular weight is 281 g/mol. The Hall–Kier alpha value is -1.62. The summed E-state index contributed by atoms with van der Waals surface area (Å²) >= 11 is 0. The molecule has 1 fully saturated rings. The van der Waals surface area contributed by atoms with Gasteiger partial charge >= 0.3 is 0 Å². The highest BCUT2D eigenvalue weighted by atomic mass is 19.1. The molecule has 0 spiro atoms. The van der Waals surface area contributed by atoms with Crippen molar-refractivity contribution in [1.29, 1.82) is 0 Å².